The molecule has 0 radical (unpaired) electrons. The Hall–Kier alpha value is -1.07. The van der Waals surface area contributed by atoms with E-state index in [9.17, 15) is 9.18 Å². The normalized spacial score (nSPS) is 21.5. The first-order valence-electron chi connectivity index (χ1n) is 6.21. The number of hydrogen-bond donors (Lipinski definition) is 1. The predicted molar refractivity (Wildman–Crippen MR) is 72.3 cm³/mol. The second kappa shape index (κ2) is 5.51. The molecule has 1 aromatic rings. The summed E-state index contributed by atoms with van der Waals surface area (Å²) in [7, 11) is 0. The Morgan fingerprint density at radius 2 is 2.32 bits per heavy atom. The third-order valence-electron chi connectivity index (χ3n) is 3.16. The first kappa shape index (κ1) is 14.3. The average Bonchev–Trinajstić information content (AvgIpc) is 2.67. The van der Waals surface area contributed by atoms with E-state index in [1.165, 1.54) is 23.9 Å². The van der Waals surface area contributed by atoms with Crippen molar-refractivity contribution in [1.29, 1.82) is 0 Å². The predicted octanol–water partition coefficient (Wildman–Crippen LogP) is 3.57. The highest BCUT2D eigenvalue weighted by Gasteiger charge is 2.31. The van der Waals surface area contributed by atoms with Gasteiger partial charge in [-0.05, 0) is 44.9 Å². The van der Waals surface area contributed by atoms with E-state index in [4.69, 9.17) is 9.84 Å². The van der Waals surface area contributed by atoms with Crippen LogP contribution < -0.4 is 0 Å². The molecule has 1 aliphatic heterocycles. The summed E-state index contributed by atoms with van der Waals surface area (Å²) < 4.78 is 19.1. The Morgan fingerprint density at radius 1 is 1.58 bits per heavy atom. The van der Waals surface area contributed by atoms with Crippen molar-refractivity contribution in [1.82, 2.24) is 0 Å². The summed E-state index contributed by atoms with van der Waals surface area (Å²) in [5.74, 6) is -1.18. The van der Waals surface area contributed by atoms with E-state index in [0.717, 1.165) is 23.5 Å². The average molecular weight is 284 g/mol. The number of halogens is 1. The molecule has 0 bridgehead atoms. The van der Waals surface area contributed by atoms with Gasteiger partial charge in [0, 0.05) is 10.6 Å². The van der Waals surface area contributed by atoms with Gasteiger partial charge in [0.15, 0.2) is 0 Å². The molecule has 0 aromatic heterocycles. The van der Waals surface area contributed by atoms with Crippen LogP contribution >= 0.6 is 11.8 Å². The minimum atomic E-state index is -1.24. The van der Waals surface area contributed by atoms with E-state index in [-0.39, 0.29) is 17.3 Å². The van der Waals surface area contributed by atoms with Crippen LogP contribution in [0.25, 0.3) is 0 Å². The van der Waals surface area contributed by atoms with Gasteiger partial charge in [-0.3, -0.25) is 0 Å². The van der Waals surface area contributed by atoms with E-state index >= 15 is 0 Å². The lowest BCUT2D eigenvalue weighted by atomic mass is 10.1. The van der Waals surface area contributed by atoms with E-state index < -0.39 is 11.8 Å². The Kier molecular flexibility index (Phi) is 4.16. The summed E-state index contributed by atoms with van der Waals surface area (Å²) in [5, 5.41) is 8.86. The topological polar surface area (TPSA) is 46.5 Å². The highest BCUT2D eigenvalue weighted by Crippen LogP contribution is 2.33. The number of aromatic carboxylic acids is 1. The maximum atomic E-state index is 13.2. The lowest BCUT2D eigenvalue weighted by Crippen LogP contribution is -2.21. The third kappa shape index (κ3) is 3.70. The fourth-order valence-electron chi connectivity index (χ4n) is 2.14. The van der Waals surface area contributed by atoms with Crippen molar-refractivity contribution in [3.63, 3.8) is 0 Å². The number of benzene rings is 1. The van der Waals surface area contributed by atoms with Gasteiger partial charge in [0.05, 0.1) is 17.3 Å². The van der Waals surface area contributed by atoms with Crippen molar-refractivity contribution in [2.45, 2.75) is 43.3 Å². The highest BCUT2D eigenvalue weighted by atomic mass is 32.2. The molecule has 3 nitrogen and oxygen atoms in total. The van der Waals surface area contributed by atoms with Crippen LogP contribution in [0.3, 0.4) is 0 Å². The first-order chi connectivity index (χ1) is 8.87. The fourth-order valence-corrected chi connectivity index (χ4v) is 3.12. The molecule has 1 heterocycles. The van der Waals surface area contributed by atoms with Gasteiger partial charge in [0.1, 0.15) is 5.82 Å². The second-order valence-electron chi connectivity index (χ2n) is 5.30. The molecule has 1 atom stereocenters. The highest BCUT2D eigenvalue weighted by molar-refractivity contribution is 7.99. The van der Waals surface area contributed by atoms with Crippen molar-refractivity contribution >= 4 is 17.7 Å². The van der Waals surface area contributed by atoms with E-state index in [1.54, 1.807) is 6.07 Å². The fraction of sp³-hybridized carbons (Fsp3) is 0.500. The zero-order valence-corrected chi connectivity index (χ0v) is 11.8. The van der Waals surface area contributed by atoms with E-state index in [0.29, 0.717) is 0 Å². The second-order valence-corrected chi connectivity index (χ2v) is 6.39. The van der Waals surface area contributed by atoms with Crippen molar-refractivity contribution in [3.05, 3.63) is 29.6 Å². The molecule has 1 N–H and O–H groups in total. The number of hydrogen-bond acceptors (Lipinski definition) is 3. The molecule has 104 valence electrons. The molecule has 1 unspecified atom stereocenters. The first-order valence-corrected chi connectivity index (χ1v) is 7.19. The number of carboxylic acids is 1. The minimum absolute atomic E-state index is 0.0692. The summed E-state index contributed by atoms with van der Waals surface area (Å²) in [6, 6.07) is 4.18. The Morgan fingerprint density at radius 3 is 2.89 bits per heavy atom. The van der Waals surface area contributed by atoms with Crippen LogP contribution in [-0.4, -0.2) is 28.5 Å². The van der Waals surface area contributed by atoms with Crippen LogP contribution in [0.15, 0.2) is 23.1 Å². The van der Waals surface area contributed by atoms with Gasteiger partial charge in [0.2, 0.25) is 0 Å². The van der Waals surface area contributed by atoms with Crippen molar-refractivity contribution in [2.24, 2.45) is 0 Å². The van der Waals surface area contributed by atoms with Crippen LogP contribution in [0.2, 0.25) is 0 Å². The minimum Gasteiger partial charge on any atom is -0.478 e. The Balaban J connectivity index is 1.97. The molecule has 2 rings (SSSR count). The van der Waals surface area contributed by atoms with Crippen LogP contribution in [0.4, 0.5) is 4.39 Å². The molecule has 5 heteroatoms. The zero-order chi connectivity index (χ0) is 14.0. The standard InChI is InChI=1S/C14H17FO3S/c1-14(2)6-5-9(18-14)8-19-10-3-4-12(15)11(7-10)13(16)17/h3-4,7,9H,5-6,8H2,1-2H3,(H,16,17). The van der Waals surface area contributed by atoms with Crippen LogP contribution in [-0.2, 0) is 4.74 Å². The number of rotatable bonds is 4. The maximum Gasteiger partial charge on any atom is 0.338 e. The molecule has 1 aromatic carbocycles. The summed E-state index contributed by atoms with van der Waals surface area (Å²) in [6.07, 6.45) is 2.22. The summed E-state index contributed by atoms with van der Waals surface area (Å²) in [6.45, 7) is 4.14. The van der Waals surface area contributed by atoms with Gasteiger partial charge in [-0.25, -0.2) is 9.18 Å². The molecule has 1 fully saturated rings. The number of thioether (sulfide) groups is 1. The van der Waals surface area contributed by atoms with Crippen LogP contribution in [0, 0.1) is 5.82 Å². The molecular weight excluding hydrogens is 267 g/mol. The van der Waals surface area contributed by atoms with Crippen LogP contribution in [0.5, 0.6) is 0 Å². The number of carbonyl (C=O) groups is 1. The zero-order valence-electron chi connectivity index (χ0n) is 11.0. The van der Waals surface area contributed by atoms with Crippen molar-refractivity contribution in [2.75, 3.05) is 5.75 Å². The lowest BCUT2D eigenvalue weighted by Gasteiger charge is -2.19. The molecule has 19 heavy (non-hydrogen) atoms. The van der Waals surface area contributed by atoms with Gasteiger partial charge in [-0.15, -0.1) is 11.8 Å². The monoisotopic (exact) mass is 284 g/mol. The van der Waals surface area contributed by atoms with E-state index in [2.05, 4.69) is 13.8 Å². The van der Waals surface area contributed by atoms with E-state index in [1.807, 2.05) is 0 Å². The van der Waals surface area contributed by atoms with Gasteiger partial charge in [0.25, 0.3) is 0 Å². The van der Waals surface area contributed by atoms with Gasteiger partial charge < -0.3 is 9.84 Å². The smallest absolute Gasteiger partial charge is 0.338 e. The van der Waals surface area contributed by atoms with Gasteiger partial charge in [-0.2, -0.15) is 0 Å². The number of ether oxygens (including phenoxy) is 1. The summed E-state index contributed by atoms with van der Waals surface area (Å²) in [4.78, 5) is 11.6. The molecule has 1 saturated heterocycles. The Labute approximate surface area is 116 Å². The van der Waals surface area contributed by atoms with Gasteiger partial charge in [-0.1, -0.05) is 0 Å². The molecule has 0 aliphatic carbocycles. The maximum absolute atomic E-state index is 13.2. The van der Waals surface area contributed by atoms with Crippen LogP contribution in [0.1, 0.15) is 37.0 Å². The Bertz CT molecular complexity index is 488. The molecule has 0 spiro atoms. The van der Waals surface area contributed by atoms with Crippen molar-refractivity contribution < 1.29 is 19.0 Å². The SMILES string of the molecule is CC1(C)CCC(CSc2ccc(F)c(C(=O)O)c2)O1. The molecule has 1 aliphatic rings. The summed E-state index contributed by atoms with van der Waals surface area (Å²) >= 11 is 1.50. The number of carboxylic acid groups (broad SMARTS) is 1. The lowest BCUT2D eigenvalue weighted by molar-refractivity contribution is -0.00466. The van der Waals surface area contributed by atoms with Gasteiger partial charge >= 0.3 is 5.97 Å². The van der Waals surface area contributed by atoms with Crippen molar-refractivity contribution in [3.8, 4) is 0 Å². The molecular formula is C14H17FO3S. The quantitative estimate of drug-likeness (QED) is 0.859. The summed E-state index contributed by atoms with van der Waals surface area (Å²) in [5.41, 5.74) is -0.349. The molecule has 0 saturated carbocycles. The third-order valence-corrected chi connectivity index (χ3v) is 4.28. The largest absolute Gasteiger partial charge is 0.478 e. The molecule has 0 amide bonds.